The van der Waals surface area contributed by atoms with Crippen molar-refractivity contribution in [2.75, 3.05) is 0 Å². The van der Waals surface area contributed by atoms with Gasteiger partial charge in [-0.15, -0.1) is 0 Å². The zero-order chi connectivity index (χ0) is 13.1. The van der Waals surface area contributed by atoms with Gasteiger partial charge in [0.25, 0.3) is 5.91 Å². The summed E-state index contributed by atoms with van der Waals surface area (Å²) in [5.41, 5.74) is 1.41. The number of aromatic amines is 1. The number of nitrogens with zero attached hydrogens (tertiary/aromatic N) is 2. The molecule has 6 nitrogen and oxygen atoms in total. The van der Waals surface area contributed by atoms with E-state index < -0.39 is 0 Å². The number of H-pyrrole nitrogens is 1. The molecule has 0 aromatic carbocycles. The summed E-state index contributed by atoms with van der Waals surface area (Å²) in [6.45, 7) is 0.369. The molecule has 0 bridgehead atoms. The first kappa shape index (κ1) is 12.0. The van der Waals surface area contributed by atoms with E-state index in [4.69, 9.17) is 4.52 Å². The molecule has 0 spiro atoms. The lowest BCUT2D eigenvalue weighted by atomic mass is 10.1. The maximum absolute atomic E-state index is 12.1. The van der Waals surface area contributed by atoms with Crippen molar-refractivity contribution in [1.82, 2.24) is 20.4 Å². The fourth-order valence-corrected chi connectivity index (χ4v) is 2.38. The first-order chi connectivity index (χ1) is 9.34. The summed E-state index contributed by atoms with van der Waals surface area (Å²) in [6, 6.07) is 0. The molecule has 19 heavy (non-hydrogen) atoms. The van der Waals surface area contributed by atoms with E-state index in [0.29, 0.717) is 12.2 Å². The van der Waals surface area contributed by atoms with Crippen molar-refractivity contribution in [1.29, 1.82) is 0 Å². The van der Waals surface area contributed by atoms with Crippen LogP contribution in [0.1, 0.15) is 46.9 Å². The predicted molar refractivity (Wildman–Crippen MR) is 67.5 cm³/mol. The van der Waals surface area contributed by atoms with Crippen molar-refractivity contribution in [2.45, 2.75) is 38.6 Å². The quantitative estimate of drug-likeness (QED) is 0.821. The third-order valence-corrected chi connectivity index (χ3v) is 3.39. The number of fused-ring (bicyclic) bond motifs is 1. The van der Waals surface area contributed by atoms with Gasteiger partial charge in [0.05, 0.1) is 6.54 Å². The Balaban J connectivity index is 1.71. The Labute approximate surface area is 110 Å². The molecule has 0 atom stereocenters. The SMILES string of the molecule is O=C(NCc1ncc[nH]1)c1noc2c1CCCCC2. The molecule has 2 aromatic rings. The third-order valence-electron chi connectivity index (χ3n) is 3.39. The fraction of sp³-hybridized carbons (Fsp3) is 0.462. The van der Waals surface area contributed by atoms with Crippen molar-refractivity contribution >= 4 is 5.91 Å². The number of carbonyl (C=O) groups excluding carboxylic acids is 1. The maximum atomic E-state index is 12.1. The summed E-state index contributed by atoms with van der Waals surface area (Å²) in [5, 5.41) is 6.72. The van der Waals surface area contributed by atoms with Gasteiger partial charge in [0, 0.05) is 24.4 Å². The number of rotatable bonds is 3. The molecule has 0 radical (unpaired) electrons. The van der Waals surface area contributed by atoms with E-state index in [9.17, 15) is 4.79 Å². The Hall–Kier alpha value is -2.11. The molecule has 1 aliphatic rings. The monoisotopic (exact) mass is 260 g/mol. The molecule has 2 aromatic heterocycles. The van der Waals surface area contributed by atoms with E-state index >= 15 is 0 Å². The fourth-order valence-electron chi connectivity index (χ4n) is 2.38. The highest BCUT2D eigenvalue weighted by atomic mass is 16.5. The van der Waals surface area contributed by atoms with Gasteiger partial charge in [0.2, 0.25) is 0 Å². The number of carbonyl (C=O) groups is 1. The molecule has 3 rings (SSSR count). The van der Waals surface area contributed by atoms with Crippen LogP contribution in [0.2, 0.25) is 0 Å². The van der Waals surface area contributed by atoms with Gasteiger partial charge in [-0.2, -0.15) is 0 Å². The van der Waals surface area contributed by atoms with Gasteiger partial charge in [-0.25, -0.2) is 4.98 Å². The van der Waals surface area contributed by atoms with Crippen molar-refractivity contribution in [3.8, 4) is 0 Å². The highest BCUT2D eigenvalue weighted by Crippen LogP contribution is 2.23. The lowest BCUT2D eigenvalue weighted by Crippen LogP contribution is -2.24. The molecule has 1 aliphatic carbocycles. The number of nitrogens with one attached hydrogen (secondary N) is 2. The summed E-state index contributed by atoms with van der Waals surface area (Å²) >= 11 is 0. The van der Waals surface area contributed by atoms with Gasteiger partial charge in [0.1, 0.15) is 11.6 Å². The minimum Gasteiger partial charge on any atom is -0.360 e. The van der Waals surface area contributed by atoms with Crippen LogP contribution in [0.4, 0.5) is 0 Å². The molecule has 2 heterocycles. The molecule has 0 saturated carbocycles. The van der Waals surface area contributed by atoms with Crippen LogP contribution >= 0.6 is 0 Å². The number of amides is 1. The van der Waals surface area contributed by atoms with E-state index in [1.807, 2.05) is 0 Å². The average molecular weight is 260 g/mol. The summed E-state index contributed by atoms with van der Waals surface area (Å²) < 4.78 is 5.29. The summed E-state index contributed by atoms with van der Waals surface area (Å²) in [6.07, 6.45) is 8.52. The highest BCUT2D eigenvalue weighted by Gasteiger charge is 2.22. The van der Waals surface area contributed by atoms with Crippen LogP contribution in [0.25, 0.3) is 0 Å². The van der Waals surface area contributed by atoms with E-state index in [1.165, 1.54) is 6.42 Å². The van der Waals surface area contributed by atoms with Gasteiger partial charge >= 0.3 is 0 Å². The second-order valence-electron chi connectivity index (χ2n) is 4.71. The van der Waals surface area contributed by atoms with Crippen molar-refractivity contribution in [2.24, 2.45) is 0 Å². The molecule has 1 amide bonds. The smallest absolute Gasteiger partial charge is 0.274 e. The minimum absolute atomic E-state index is 0.191. The van der Waals surface area contributed by atoms with E-state index in [1.54, 1.807) is 12.4 Å². The zero-order valence-corrected chi connectivity index (χ0v) is 10.6. The maximum Gasteiger partial charge on any atom is 0.274 e. The lowest BCUT2D eigenvalue weighted by molar-refractivity contribution is 0.0940. The Morgan fingerprint density at radius 1 is 1.37 bits per heavy atom. The topological polar surface area (TPSA) is 83.8 Å². The van der Waals surface area contributed by atoms with E-state index in [2.05, 4.69) is 20.4 Å². The molecular weight excluding hydrogens is 244 g/mol. The first-order valence-corrected chi connectivity index (χ1v) is 6.58. The van der Waals surface area contributed by atoms with Gasteiger partial charge in [-0.1, -0.05) is 11.6 Å². The number of imidazole rings is 1. The molecule has 0 unspecified atom stereocenters. The van der Waals surface area contributed by atoms with E-state index in [-0.39, 0.29) is 5.91 Å². The average Bonchev–Trinajstić information content (AvgIpc) is 3.02. The van der Waals surface area contributed by atoms with Crippen molar-refractivity contribution < 1.29 is 9.32 Å². The Morgan fingerprint density at radius 3 is 3.11 bits per heavy atom. The minimum atomic E-state index is -0.191. The van der Waals surface area contributed by atoms with Gasteiger partial charge < -0.3 is 14.8 Å². The molecule has 100 valence electrons. The van der Waals surface area contributed by atoms with Crippen LogP contribution < -0.4 is 5.32 Å². The molecule has 0 aliphatic heterocycles. The van der Waals surface area contributed by atoms with Crippen molar-refractivity contribution in [3.05, 3.63) is 35.2 Å². The van der Waals surface area contributed by atoms with Crippen LogP contribution in [-0.2, 0) is 19.4 Å². The summed E-state index contributed by atoms with van der Waals surface area (Å²) in [4.78, 5) is 19.1. The van der Waals surface area contributed by atoms with Crippen LogP contribution in [0.5, 0.6) is 0 Å². The van der Waals surface area contributed by atoms with Crippen molar-refractivity contribution in [3.63, 3.8) is 0 Å². The lowest BCUT2D eigenvalue weighted by Gasteiger charge is -2.02. The molecule has 6 heteroatoms. The van der Waals surface area contributed by atoms with Gasteiger partial charge in [-0.05, 0) is 19.3 Å². The largest absolute Gasteiger partial charge is 0.360 e. The van der Waals surface area contributed by atoms with Gasteiger partial charge in [-0.3, -0.25) is 4.79 Å². The number of aryl methyl sites for hydroxylation is 1. The van der Waals surface area contributed by atoms with Crippen LogP contribution in [-0.4, -0.2) is 21.0 Å². The van der Waals surface area contributed by atoms with Crippen LogP contribution in [0, 0.1) is 0 Å². The Bertz CT molecular complexity index is 559. The summed E-state index contributed by atoms with van der Waals surface area (Å²) in [5.74, 6) is 1.41. The number of aromatic nitrogens is 3. The first-order valence-electron chi connectivity index (χ1n) is 6.58. The molecule has 2 N–H and O–H groups in total. The zero-order valence-electron chi connectivity index (χ0n) is 10.6. The second kappa shape index (κ2) is 5.26. The second-order valence-corrected chi connectivity index (χ2v) is 4.71. The Kier molecular flexibility index (Phi) is 3.31. The van der Waals surface area contributed by atoms with Crippen LogP contribution in [0.3, 0.4) is 0 Å². The molecular formula is C13H16N4O2. The summed E-state index contributed by atoms with van der Waals surface area (Å²) in [7, 11) is 0. The van der Waals surface area contributed by atoms with Crippen LogP contribution in [0.15, 0.2) is 16.9 Å². The highest BCUT2D eigenvalue weighted by molar-refractivity contribution is 5.93. The van der Waals surface area contributed by atoms with Gasteiger partial charge in [0.15, 0.2) is 5.69 Å². The Morgan fingerprint density at radius 2 is 2.26 bits per heavy atom. The number of hydrogen-bond donors (Lipinski definition) is 2. The molecule has 0 fully saturated rings. The molecule has 0 saturated heterocycles. The third kappa shape index (κ3) is 2.52. The standard InChI is InChI=1S/C13H16N4O2/c18-13(16-8-11-14-6-7-15-11)12-9-4-2-1-3-5-10(9)19-17-12/h6-7H,1-5,8H2,(H,14,15)(H,16,18). The normalized spacial score (nSPS) is 14.7. The predicted octanol–water partition coefficient (Wildman–Crippen LogP) is 1.60. The number of hydrogen-bond acceptors (Lipinski definition) is 4. The van der Waals surface area contributed by atoms with E-state index in [0.717, 1.165) is 42.8 Å².